The van der Waals surface area contributed by atoms with Gasteiger partial charge in [0.25, 0.3) is 5.91 Å². The number of rotatable bonds is 8. The van der Waals surface area contributed by atoms with Crippen LogP contribution in [0, 0.1) is 5.92 Å². The summed E-state index contributed by atoms with van der Waals surface area (Å²) in [5.74, 6) is 0.860. The highest BCUT2D eigenvalue weighted by atomic mass is 32.1. The lowest BCUT2D eigenvalue weighted by Crippen LogP contribution is -2.16. The maximum absolute atomic E-state index is 12.4. The molecule has 0 bridgehead atoms. The summed E-state index contributed by atoms with van der Waals surface area (Å²) < 4.78 is 11.3. The molecule has 0 radical (unpaired) electrons. The molecule has 1 saturated carbocycles. The highest BCUT2D eigenvalue weighted by molar-refractivity contribution is 7.12. The Hall–Kier alpha value is -2.54. The number of hydrogen-bond donors (Lipinski definition) is 2. The van der Waals surface area contributed by atoms with Crippen LogP contribution < -0.4 is 20.1 Å². The molecule has 0 saturated heterocycles. The second kappa shape index (κ2) is 8.23. The van der Waals surface area contributed by atoms with Crippen LogP contribution >= 0.6 is 11.3 Å². The van der Waals surface area contributed by atoms with Crippen LogP contribution in [-0.2, 0) is 4.79 Å². The van der Waals surface area contributed by atoms with E-state index < -0.39 is 0 Å². The van der Waals surface area contributed by atoms with Crippen molar-refractivity contribution < 1.29 is 19.1 Å². The van der Waals surface area contributed by atoms with Crippen LogP contribution in [0.5, 0.6) is 11.5 Å². The quantitative estimate of drug-likeness (QED) is 0.728. The van der Waals surface area contributed by atoms with Gasteiger partial charge in [-0.3, -0.25) is 9.59 Å². The minimum atomic E-state index is -0.210. The second-order valence-electron chi connectivity index (χ2n) is 5.91. The van der Waals surface area contributed by atoms with E-state index in [4.69, 9.17) is 9.47 Å². The van der Waals surface area contributed by atoms with E-state index in [1.54, 1.807) is 18.2 Å². The van der Waals surface area contributed by atoms with Gasteiger partial charge in [-0.05, 0) is 38.1 Å². The number of amides is 2. The molecule has 1 heterocycles. The van der Waals surface area contributed by atoms with E-state index in [0.717, 1.165) is 12.8 Å². The number of hydrogen-bond acceptors (Lipinski definition) is 5. The minimum Gasteiger partial charge on any atom is -0.492 e. The van der Waals surface area contributed by atoms with E-state index in [1.165, 1.54) is 11.3 Å². The number of anilines is 2. The van der Waals surface area contributed by atoms with E-state index in [1.807, 2.05) is 25.3 Å². The fourth-order valence-electron chi connectivity index (χ4n) is 2.48. The molecule has 26 heavy (non-hydrogen) atoms. The molecule has 0 unspecified atom stereocenters. The molecule has 3 rings (SSSR count). The van der Waals surface area contributed by atoms with Gasteiger partial charge in [-0.15, -0.1) is 11.3 Å². The topological polar surface area (TPSA) is 76.7 Å². The third-order valence-corrected chi connectivity index (χ3v) is 4.75. The lowest BCUT2D eigenvalue weighted by atomic mass is 10.2. The van der Waals surface area contributed by atoms with E-state index in [-0.39, 0.29) is 17.7 Å². The fourth-order valence-corrected chi connectivity index (χ4v) is 3.10. The molecule has 1 aromatic heterocycles. The molecular weight excluding hydrogens is 352 g/mol. The largest absolute Gasteiger partial charge is 0.492 e. The highest BCUT2D eigenvalue weighted by Gasteiger charge is 2.30. The van der Waals surface area contributed by atoms with Gasteiger partial charge in [0.1, 0.15) is 11.5 Å². The van der Waals surface area contributed by atoms with Gasteiger partial charge in [0.15, 0.2) is 0 Å². The zero-order valence-electron chi connectivity index (χ0n) is 14.8. The van der Waals surface area contributed by atoms with Gasteiger partial charge in [0.05, 0.1) is 29.5 Å². The van der Waals surface area contributed by atoms with Crippen molar-refractivity contribution >= 4 is 34.5 Å². The molecule has 2 amide bonds. The van der Waals surface area contributed by atoms with Crippen molar-refractivity contribution in [1.82, 2.24) is 0 Å². The van der Waals surface area contributed by atoms with Crippen LogP contribution in [0.4, 0.5) is 11.4 Å². The summed E-state index contributed by atoms with van der Waals surface area (Å²) in [5, 5.41) is 7.62. The zero-order chi connectivity index (χ0) is 18.5. The first-order chi connectivity index (χ1) is 12.6. The Balaban J connectivity index is 1.89. The predicted molar refractivity (Wildman–Crippen MR) is 102 cm³/mol. The molecule has 1 fully saturated rings. The molecule has 7 heteroatoms. The van der Waals surface area contributed by atoms with Crippen molar-refractivity contribution in [3.8, 4) is 11.5 Å². The van der Waals surface area contributed by atoms with Gasteiger partial charge in [-0.1, -0.05) is 6.07 Å². The zero-order valence-corrected chi connectivity index (χ0v) is 15.7. The lowest BCUT2D eigenvalue weighted by Gasteiger charge is -2.17. The van der Waals surface area contributed by atoms with E-state index in [9.17, 15) is 9.59 Å². The van der Waals surface area contributed by atoms with E-state index in [2.05, 4.69) is 10.6 Å². The van der Waals surface area contributed by atoms with E-state index >= 15 is 0 Å². The summed E-state index contributed by atoms with van der Waals surface area (Å²) in [4.78, 5) is 25.1. The number of benzene rings is 1. The SMILES string of the molecule is CCOc1cc(NC(=O)C2CC2)c(OCC)cc1NC(=O)c1cccs1. The Labute approximate surface area is 156 Å². The number of ether oxygens (including phenoxy) is 2. The first kappa shape index (κ1) is 18.3. The van der Waals surface area contributed by atoms with Crippen molar-refractivity contribution in [2.24, 2.45) is 5.92 Å². The number of nitrogens with one attached hydrogen (secondary N) is 2. The normalized spacial score (nSPS) is 13.2. The van der Waals surface area contributed by atoms with Gasteiger partial charge in [-0.2, -0.15) is 0 Å². The van der Waals surface area contributed by atoms with Crippen LogP contribution in [0.25, 0.3) is 0 Å². The van der Waals surface area contributed by atoms with Crippen LogP contribution in [0.15, 0.2) is 29.6 Å². The van der Waals surface area contributed by atoms with Gasteiger partial charge in [0.2, 0.25) is 5.91 Å². The van der Waals surface area contributed by atoms with Crippen molar-refractivity contribution in [3.05, 3.63) is 34.5 Å². The summed E-state index contributed by atoms with van der Waals surface area (Å²) >= 11 is 1.36. The van der Waals surface area contributed by atoms with Gasteiger partial charge >= 0.3 is 0 Å². The number of carbonyl (C=O) groups is 2. The van der Waals surface area contributed by atoms with Crippen LogP contribution in [0.1, 0.15) is 36.4 Å². The molecular formula is C19H22N2O4S. The Morgan fingerprint density at radius 2 is 1.69 bits per heavy atom. The minimum absolute atomic E-state index is 0.0104. The van der Waals surface area contributed by atoms with Crippen molar-refractivity contribution in [2.45, 2.75) is 26.7 Å². The van der Waals surface area contributed by atoms with Crippen molar-refractivity contribution in [1.29, 1.82) is 0 Å². The van der Waals surface area contributed by atoms with Gasteiger partial charge in [-0.25, -0.2) is 0 Å². The second-order valence-corrected chi connectivity index (χ2v) is 6.85. The molecule has 138 valence electrons. The smallest absolute Gasteiger partial charge is 0.265 e. The standard InChI is InChI=1S/C19H22N2O4S/c1-3-24-15-11-14(21-19(23)17-6-5-9-26-17)16(25-4-2)10-13(15)20-18(22)12-7-8-12/h5-6,9-12H,3-4,7-8H2,1-2H3,(H,20,22)(H,21,23). The van der Waals surface area contributed by atoms with Gasteiger partial charge in [0, 0.05) is 18.1 Å². The molecule has 0 spiro atoms. The average molecular weight is 374 g/mol. The average Bonchev–Trinajstić information content (AvgIpc) is 3.33. The first-order valence-electron chi connectivity index (χ1n) is 8.71. The highest BCUT2D eigenvalue weighted by Crippen LogP contribution is 2.39. The third-order valence-electron chi connectivity index (χ3n) is 3.88. The van der Waals surface area contributed by atoms with Crippen molar-refractivity contribution in [3.63, 3.8) is 0 Å². The van der Waals surface area contributed by atoms with Crippen LogP contribution in [0.2, 0.25) is 0 Å². The third kappa shape index (κ3) is 4.35. The van der Waals surface area contributed by atoms with Gasteiger partial charge < -0.3 is 20.1 Å². The molecule has 1 aromatic carbocycles. The molecule has 0 aliphatic heterocycles. The van der Waals surface area contributed by atoms with Crippen LogP contribution in [-0.4, -0.2) is 25.0 Å². The molecule has 1 aliphatic rings. The Morgan fingerprint density at radius 3 is 2.19 bits per heavy atom. The summed E-state index contributed by atoms with van der Waals surface area (Å²) in [6, 6.07) is 6.99. The molecule has 6 nitrogen and oxygen atoms in total. The summed E-state index contributed by atoms with van der Waals surface area (Å²) in [5.41, 5.74) is 1.07. The Kier molecular flexibility index (Phi) is 5.78. The monoisotopic (exact) mass is 374 g/mol. The Bertz CT molecular complexity index is 785. The summed E-state index contributed by atoms with van der Waals surface area (Å²) in [6.45, 7) is 4.61. The fraction of sp³-hybridized carbons (Fsp3) is 0.368. The molecule has 2 N–H and O–H groups in total. The number of carbonyl (C=O) groups excluding carboxylic acids is 2. The molecule has 1 aliphatic carbocycles. The van der Waals surface area contributed by atoms with Crippen molar-refractivity contribution in [2.75, 3.05) is 23.8 Å². The Morgan fingerprint density at radius 1 is 1.08 bits per heavy atom. The lowest BCUT2D eigenvalue weighted by molar-refractivity contribution is -0.117. The maximum atomic E-state index is 12.4. The van der Waals surface area contributed by atoms with Crippen LogP contribution in [0.3, 0.4) is 0 Å². The number of thiophene rings is 1. The summed E-state index contributed by atoms with van der Waals surface area (Å²) in [6.07, 6.45) is 1.84. The maximum Gasteiger partial charge on any atom is 0.265 e. The van der Waals surface area contributed by atoms with E-state index in [0.29, 0.717) is 41.0 Å². The predicted octanol–water partition coefficient (Wildman–Crippen LogP) is 4.15. The first-order valence-corrected chi connectivity index (χ1v) is 9.59. The molecule has 2 aromatic rings. The summed E-state index contributed by atoms with van der Waals surface area (Å²) in [7, 11) is 0. The molecule has 0 atom stereocenters.